The minimum absolute atomic E-state index is 0.0386. The van der Waals surface area contributed by atoms with E-state index in [1.165, 1.54) is 16.7 Å². The second-order valence-corrected chi connectivity index (χ2v) is 10.6. The maximum Gasteiger partial charge on any atom is 0.387 e. The standard InChI is InChI=1S/C31H27F2N3O3S/c1-18(2)20-13-15-21(16-14-20)27-26(28(37)35-23-10-5-4-6-11-23)19(3)34-31-36(27)29(38)25(40-31)17-22-9-7-8-12-24(22)39-30(32)33/h4-18,27,30H,1-3H3,(H,35,37)/b25-17+/t27-/m1/s1. The van der Waals surface area contributed by atoms with Crippen molar-refractivity contribution < 1.29 is 18.3 Å². The Morgan fingerprint density at radius 2 is 1.70 bits per heavy atom. The summed E-state index contributed by atoms with van der Waals surface area (Å²) < 4.78 is 32.4. The minimum Gasteiger partial charge on any atom is -0.434 e. The average molecular weight is 560 g/mol. The second kappa shape index (κ2) is 11.4. The number of carbonyl (C=O) groups is 1. The van der Waals surface area contributed by atoms with Crippen molar-refractivity contribution in [2.75, 3.05) is 5.32 Å². The van der Waals surface area contributed by atoms with E-state index in [2.05, 4.69) is 28.9 Å². The van der Waals surface area contributed by atoms with Crippen LogP contribution in [0.1, 0.15) is 49.4 Å². The summed E-state index contributed by atoms with van der Waals surface area (Å²) in [6.07, 6.45) is 1.52. The first-order valence-corrected chi connectivity index (χ1v) is 13.6. The van der Waals surface area contributed by atoms with Gasteiger partial charge >= 0.3 is 6.61 Å². The number of carbonyl (C=O) groups excluding carboxylic acids is 1. The predicted octanol–water partition coefficient (Wildman–Crippen LogP) is 5.60. The van der Waals surface area contributed by atoms with Crippen LogP contribution in [-0.2, 0) is 4.79 Å². The van der Waals surface area contributed by atoms with Crippen LogP contribution in [0, 0.1) is 0 Å². The highest BCUT2D eigenvalue weighted by Gasteiger charge is 2.32. The Bertz CT molecular complexity index is 1760. The van der Waals surface area contributed by atoms with Crippen LogP contribution in [-0.4, -0.2) is 17.1 Å². The molecule has 3 aromatic carbocycles. The van der Waals surface area contributed by atoms with E-state index in [-0.39, 0.29) is 21.7 Å². The summed E-state index contributed by atoms with van der Waals surface area (Å²) >= 11 is 1.13. The number of fused-ring (bicyclic) bond motifs is 1. The van der Waals surface area contributed by atoms with Gasteiger partial charge in [-0.3, -0.25) is 14.2 Å². The molecule has 2 heterocycles. The van der Waals surface area contributed by atoms with Crippen molar-refractivity contribution in [1.82, 2.24) is 4.57 Å². The molecule has 0 bridgehead atoms. The highest BCUT2D eigenvalue weighted by atomic mass is 32.1. The Kier molecular flexibility index (Phi) is 7.75. The summed E-state index contributed by atoms with van der Waals surface area (Å²) in [6, 6.07) is 22.5. The number of para-hydroxylation sites is 2. The molecule has 0 fully saturated rings. The number of nitrogens with zero attached hydrogens (tertiary/aromatic N) is 2. The monoisotopic (exact) mass is 559 g/mol. The number of thiazole rings is 1. The van der Waals surface area contributed by atoms with E-state index in [0.717, 1.165) is 22.5 Å². The van der Waals surface area contributed by atoms with Crippen LogP contribution < -0.4 is 24.9 Å². The first-order chi connectivity index (χ1) is 19.2. The molecule has 204 valence electrons. The molecule has 1 aromatic heterocycles. The Balaban J connectivity index is 1.67. The van der Waals surface area contributed by atoms with Crippen LogP contribution in [0.2, 0.25) is 0 Å². The van der Waals surface area contributed by atoms with Gasteiger partial charge in [-0.25, -0.2) is 4.99 Å². The molecular formula is C31H27F2N3O3S. The molecule has 0 spiro atoms. The van der Waals surface area contributed by atoms with E-state index in [0.29, 0.717) is 33.2 Å². The van der Waals surface area contributed by atoms with Crippen molar-refractivity contribution in [3.63, 3.8) is 0 Å². The fourth-order valence-electron chi connectivity index (χ4n) is 4.65. The van der Waals surface area contributed by atoms with Crippen molar-refractivity contribution in [2.24, 2.45) is 4.99 Å². The Hall–Kier alpha value is -4.37. The normalized spacial score (nSPS) is 15.3. The van der Waals surface area contributed by atoms with E-state index in [1.807, 2.05) is 42.5 Å². The lowest BCUT2D eigenvalue weighted by Crippen LogP contribution is -2.40. The molecule has 0 aliphatic carbocycles. The number of hydrogen-bond acceptors (Lipinski definition) is 5. The number of anilines is 1. The highest BCUT2D eigenvalue weighted by Crippen LogP contribution is 2.32. The van der Waals surface area contributed by atoms with Gasteiger partial charge in [0.2, 0.25) is 0 Å². The van der Waals surface area contributed by atoms with Gasteiger partial charge in [0.05, 0.1) is 21.8 Å². The highest BCUT2D eigenvalue weighted by molar-refractivity contribution is 7.07. The van der Waals surface area contributed by atoms with E-state index >= 15 is 0 Å². The summed E-state index contributed by atoms with van der Waals surface area (Å²) in [5, 5.41) is 2.93. The van der Waals surface area contributed by atoms with Gasteiger partial charge in [0, 0.05) is 11.3 Å². The summed E-state index contributed by atoms with van der Waals surface area (Å²) in [6.45, 7) is 2.93. The van der Waals surface area contributed by atoms with Gasteiger partial charge < -0.3 is 10.1 Å². The number of rotatable bonds is 7. The number of amides is 1. The largest absolute Gasteiger partial charge is 0.434 e. The van der Waals surface area contributed by atoms with Gasteiger partial charge in [-0.15, -0.1) is 0 Å². The molecule has 1 aliphatic rings. The zero-order chi connectivity index (χ0) is 28.4. The number of nitrogens with one attached hydrogen (secondary N) is 1. The molecule has 1 amide bonds. The molecule has 1 N–H and O–H groups in total. The zero-order valence-corrected chi connectivity index (χ0v) is 22.9. The lowest BCUT2D eigenvalue weighted by molar-refractivity contribution is -0.113. The predicted molar refractivity (Wildman–Crippen MR) is 152 cm³/mol. The number of halogens is 2. The van der Waals surface area contributed by atoms with Gasteiger partial charge in [0.25, 0.3) is 11.5 Å². The Labute approximate surface area is 233 Å². The smallest absolute Gasteiger partial charge is 0.387 e. The SMILES string of the molecule is CC1=C(C(=O)Nc2ccccc2)[C@@H](c2ccc(C(C)C)cc2)n2c(s/c(=C/c3ccccc3OC(F)F)c2=O)=N1. The van der Waals surface area contributed by atoms with Gasteiger partial charge in [0.15, 0.2) is 4.80 Å². The van der Waals surface area contributed by atoms with Gasteiger partial charge in [-0.1, -0.05) is 85.8 Å². The molecular weight excluding hydrogens is 532 g/mol. The third-order valence-corrected chi connectivity index (χ3v) is 7.62. The second-order valence-electron chi connectivity index (χ2n) is 9.64. The first-order valence-electron chi connectivity index (χ1n) is 12.8. The Morgan fingerprint density at radius 1 is 1.02 bits per heavy atom. The maximum absolute atomic E-state index is 13.9. The summed E-state index contributed by atoms with van der Waals surface area (Å²) in [7, 11) is 0. The number of allylic oxidation sites excluding steroid dienone is 1. The van der Waals surface area contributed by atoms with Gasteiger partial charge in [-0.05, 0) is 48.2 Å². The zero-order valence-electron chi connectivity index (χ0n) is 22.1. The quantitative estimate of drug-likeness (QED) is 0.321. The molecule has 4 aromatic rings. The van der Waals surface area contributed by atoms with Gasteiger partial charge in [0.1, 0.15) is 5.75 Å². The van der Waals surface area contributed by atoms with Crippen molar-refractivity contribution in [2.45, 2.75) is 39.3 Å². The maximum atomic E-state index is 13.9. The van der Waals surface area contributed by atoms with E-state index < -0.39 is 12.7 Å². The van der Waals surface area contributed by atoms with Crippen LogP contribution >= 0.6 is 11.3 Å². The summed E-state index contributed by atoms with van der Waals surface area (Å²) in [5.74, 6) is -0.0942. The molecule has 6 nitrogen and oxygen atoms in total. The van der Waals surface area contributed by atoms with E-state index in [1.54, 1.807) is 37.3 Å². The molecule has 1 atom stereocenters. The van der Waals surface area contributed by atoms with Crippen LogP contribution in [0.3, 0.4) is 0 Å². The average Bonchev–Trinajstić information content (AvgIpc) is 3.23. The van der Waals surface area contributed by atoms with Crippen molar-refractivity contribution in [3.8, 4) is 5.75 Å². The number of benzene rings is 3. The van der Waals surface area contributed by atoms with E-state index in [9.17, 15) is 18.4 Å². The first kappa shape index (κ1) is 27.2. The third kappa shape index (κ3) is 5.51. The minimum atomic E-state index is -3.00. The van der Waals surface area contributed by atoms with Crippen LogP contribution in [0.5, 0.6) is 5.75 Å². The van der Waals surface area contributed by atoms with Crippen LogP contribution in [0.4, 0.5) is 14.5 Å². The lowest BCUT2D eigenvalue weighted by atomic mass is 9.93. The Morgan fingerprint density at radius 3 is 2.38 bits per heavy atom. The molecule has 0 unspecified atom stereocenters. The van der Waals surface area contributed by atoms with Crippen molar-refractivity contribution in [3.05, 3.63) is 127 Å². The van der Waals surface area contributed by atoms with Crippen molar-refractivity contribution in [1.29, 1.82) is 0 Å². The van der Waals surface area contributed by atoms with Crippen LogP contribution in [0.15, 0.2) is 99.9 Å². The molecule has 9 heteroatoms. The summed E-state index contributed by atoms with van der Waals surface area (Å²) in [5.41, 5.74) is 3.29. The number of aromatic nitrogens is 1. The molecule has 40 heavy (non-hydrogen) atoms. The molecule has 1 aliphatic heterocycles. The fraction of sp³-hybridized carbons (Fsp3) is 0.194. The molecule has 5 rings (SSSR count). The van der Waals surface area contributed by atoms with Crippen molar-refractivity contribution >= 4 is 29.0 Å². The lowest BCUT2D eigenvalue weighted by Gasteiger charge is -2.25. The molecule has 0 radical (unpaired) electrons. The van der Waals surface area contributed by atoms with Gasteiger partial charge in [-0.2, -0.15) is 8.78 Å². The number of ether oxygens (including phenoxy) is 1. The fourth-order valence-corrected chi connectivity index (χ4v) is 5.69. The summed E-state index contributed by atoms with van der Waals surface area (Å²) in [4.78, 5) is 32.6. The van der Waals surface area contributed by atoms with Crippen LogP contribution in [0.25, 0.3) is 6.08 Å². The number of alkyl halides is 2. The molecule has 0 saturated carbocycles. The third-order valence-electron chi connectivity index (χ3n) is 6.64. The van der Waals surface area contributed by atoms with E-state index in [4.69, 9.17) is 0 Å². The molecule has 0 saturated heterocycles. The topological polar surface area (TPSA) is 72.7 Å². The number of hydrogen-bond donors (Lipinski definition) is 1.